The van der Waals surface area contributed by atoms with Crippen LogP contribution in [0.3, 0.4) is 0 Å². The van der Waals surface area contributed by atoms with Crippen molar-refractivity contribution in [2.24, 2.45) is 0 Å². The predicted molar refractivity (Wildman–Crippen MR) is 88.0 cm³/mol. The van der Waals surface area contributed by atoms with E-state index in [4.69, 9.17) is 4.74 Å². The second-order valence-corrected chi connectivity index (χ2v) is 6.48. The van der Waals surface area contributed by atoms with Gasteiger partial charge in [0.25, 0.3) is 5.91 Å². The average molecular weight is 310 g/mol. The molecule has 1 fully saturated rings. The first-order valence-electron chi connectivity index (χ1n) is 8.40. The predicted octanol–water partition coefficient (Wildman–Crippen LogP) is 2.99. The molecule has 2 aliphatic rings. The maximum atomic E-state index is 13.1. The molecule has 0 bridgehead atoms. The van der Waals surface area contributed by atoms with E-state index in [-0.39, 0.29) is 24.2 Å². The summed E-state index contributed by atoms with van der Waals surface area (Å²) in [5.74, 6) is 0.135. The summed E-state index contributed by atoms with van der Waals surface area (Å²) >= 11 is 0. The monoisotopic (exact) mass is 310 g/mol. The van der Waals surface area contributed by atoms with Crippen LogP contribution in [0.25, 0.3) is 0 Å². The molecule has 0 aliphatic carbocycles. The molecule has 4 heteroatoms. The highest BCUT2D eigenvalue weighted by molar-refractivity contribution is 5.82. The van der Waals surface area contributed by atoms with Gasteiger partial charge in [0.2, 0.25) is 0 Å². The minimum absolute atomic E-state index is 0.0213. The van der Waals surface area contributed by atoms with E-state index < -0.39 is 0 Å². The van der Waals surface area contributed by atoms with Crippen molar-refractivity contribution < 1.29 is 9.53 Å². The molecule has 2 aromatic rings. The zero-order valence-electron chi connectivity index (χ0n) is 13.4. The number of carbonyl (C=O) groups excluding carboxylic acids is 1. The topological polar surface area (TPSA) is 34.5 Å². The third kappa shape index (κ3) is 2.57. The standard InChI is InChI=1S/C19H22N2O2/c1-14-9-10-17(23-14)19(22)21-13-12-20-11-5-8-16(20)18(21)15-6-3-2-4-7-15/h2-8,11,14,17-18H,9-10,12-13H2,1H3/t14-,17-,18-/m1/s1. The minimum atomic E-state index is -0.280. The van der Waals surface area contributed by atoms with Crippen molar-refractivity contribution in [3.63, 3.8) is 0 Å². The molecule has 0 N–H and O–H groups in total. The van der Waals surface area contributed by atoms with E-state index in [9.17, 15) is 4.79 Å². The van der Waals surface area contributed by atoms with Crippen LogP contribution >= 0.6 is 0 Å². The van der Waals surface area contributed by atoms with Gasteiger partial charge in [0.05, 0.1) is 12.1 Å². The van der Waals surface area contributed by atoms with Crippen LogP contribution in [0, 0.1) is 0 Å². The fraction of sp³-hybridized carbons (Fsp3) is 0.421. The maximum Gasteiger partial charge on any atom is 0.252 e. The number of hydrogen-bond donors (Lipinski definition) is 0. The molecule has 2 aliphatic heterocycles. The quantitative estimate of drug-likeness (QED) is 0.854. The molecule has 1 aromatic carbocycles. The lowest BCUT2D eigenvalue weighted by molar-refractivity contribution is -0.145. The molecule has 0 spiro atoms. The lowest BCUT2D eigenvalue weighted by Gasteiger charge is -2.38. The molecular formula is C19H22N2O2. The summed E-state index contributed by atoms with van der Waals surface area (Å²) in [5.41, 5.74) is 2.34. The smallest absolute Gasteiger partial charge is 0.252 e. The zero-order valence-corrected chi connectivity index (χ0v) is 13.4. The summed E-state index contributed by atoms with van der Waals surface area (Å²) in [7, 11) is 0. The third-order valence-electron chi connectivity index (χ3n) is 4.94. The Morgan fingerprint density at radius 2 is 1.91 bits per heavy atom. The largest absolute Gasteiger partial charge is 0.365 e. The molecule has 3 heterocycles. The summed E-state index contributed by atoms with van der Waals surface area (Å²) in [6.07, 6.45) is 3.81. The Morgan fingerprint density at radius 1 is 1.09 bits per heavy atom. The van der Waals surface area contributed by atoms with Crippen LogP contribution in [0.2, 0.25) is 0 Å². The van der Waals surface area contributed by atoms with Gasteiger partial charge < -0.3 is 14.2 Å². The van der Waals surface area contributed by atoms with Gasteiger partial charge in [-0.3, -0.25) is 4.79 Å². The van der Waals surface area contributed by atoms with Gasteiger partial charge in [0, 0.05) is 25.0 Å². The number of benzene rings is 1. The summed E-state index contributed by atoms with van der Waals surface area (Å²) < 4.78 is 8.08. The molecule has 4 rings (SSSR count). The molecule has 0 radical (unpaired) electrons. The van der Waals surface area contributed by atoms with Gasteiger partial charge >= 0.3 is 0 Å². The molecule has 23 heavy (non-hydrogen) atoms. The number of hydrogen-bond acceptors (Lipinski definition) is 2. The van der Waals surface area contributed by atoms with E-state index in [1.807, 2.05) is 30.0 Å². The molecular weight excluding hydrogens is 288 g/mol. The molecule has 1 amide bonds. The van der Waals surface area contributed by atoms with Gasteiger partial charge in [-0.1, -0.05) is 30.3 Å². The van der Waals surface area contributed by atoms with E-state index in [1.54, 1.807) is 0 Å². The molecule has 3 atom stereocenters. The lowest BCUT2D eigenvalue weighted by Crippen LogP contribution is -2.46. The van der Waals surface area contributed by atoms with E-state index in [0.29, 0.717) is 0 Å². The van der Waals surface area contributed by atoms with Gasteiger partial charge in [0.15, 0.2) is 0 Å². The molecule has 4 nitrogen and oxygen atoms in total. The van der Waals surface area contributed by atoms with Crippen molar-refractivity contribution in [2.75, 3.05) is 6.54 Å². The highest BCUT2D eigenvalue weighted by atomic mass is 16.5. The first-order chi connectivity index (χ1) is 11.2. The number of rotatable bonds is 2. The van der Waals surface area contributed by atoms with Crippen molar-refractivity contribution in [3.8, 4) is 0 Å². The Morgan fingerprint density at radius 3 is 2.65 bits per heavy atom. The fourth-order valence-electron chi connectivity index (χ4n) is 3.78. The van der Waals surface area contributed by atoms with Gasteiger partial charge in [-0.15, -0.1) is 0 Å². The fourth-order valence-corrected chi connectivity index (χ4v) is 3.78. The Balaban J connectivity index is 1.69. The summed E-state index contributed by atoms with van der Waals surface area (Å²) in [5, 5.41) is 0. The van der Waals surface area contributed by atoms with Crippen molar-refractivity contribution in [1.82, 2.24) is 9.47 Å². The van der Waals surface area contributed by atoms with Gasteiger partial charge in [-0.25, -0.2) is 0 Å². The van der Waals surface area contributed by atoms with Crippen molar-refractivity contribution in [2.45, 2.75) is 44.6 Å². The number of amides is 1. The Kier molecular flexibility index (Phi) is 3.69. The zero-order chi connectivity index (χ0) is 15.8. The molecule has 1 aromatic heterocycles. The molecule has 0 saturated carbocycles. The normalized spacial score (nSPS) is 27.0. The SMILES string of the molecule is C[C@@H]1CC[C@H](C(=O)N2CCn3cccc3[C@H]2c2ccccc2)O1. The van der Waals surface area contributed by atoms with E-state index in [0.717, 1.165) is 31.5 Å². The van der Waals surface area contributed by atoms with Crippen molar-refractivity contribution in [3.05, 3.63) is 59.9 Å². The number of aromatic nitrogens is 1. The minimum Gasteiger partial charge on any atom is -0.365 e. The highest BCUT2D eigenvalue weighted by Gasteiger charge is 2.38. The molecule has 120 valence electrons. The summed E-state index contributed by atoms with van der Waals surface area (Å²) in [4.78, 5) is 15.1. The van der Waals surface area contributed by atoms with Crippen LogP contribution in [-0.4, -0.2) is 34.1 Å². The number of fused-ring (bicyclic) bond motifs is 1. The number of nitrogens with zero attached hydrogens (tertiary/aromatic N) is 2. The second kappa shape index (κ2) is 5.85. The van der Waals surface area contributed by atoms with Crippen molar-refractivity contribution >= 4 is 5.91 Å². The number of ether oxygens (including phenoxy) is 1. The van der Waals surface area contributed by atoms with Crippen LogP contribution < -0.4 is 0 Å². The Hall–Kier alpha value is -2.07. The number of carbonyl (C=O) groups is 1. The Bertz CT molecular complexity index is 694. The maximum absolute atomic E-state index is 13.1. The summed E-state index contributed by atoms with van der Waals surface area (Å²) in [6, 6.07) is 14.5. The molecule has 0 unspecified atom stereocenters. The van der Waals surface area contributed by atoms with Gasteiger partial charge in [-0.2, -0.15) is 0 Å². The lowest BCUT2D eigenvalue weighted by atomic mass is 9.99. The van der Waals surface area contributed by atoms with Crippen LogP contribution in [-0.2, 0) is 16.1 Å². The second-order valence-electron chi connectivity index (χ2n) is 6.48. The first-order valence-corrected chi connectivity index (χ1v) is 8.40. The van der Waals surface area contributed by atoms with E-state index in [1.165, 1.54) is 5.69 Å². The van der Waals surface area contributed by atoms with Gasteiger partial charge in [-0.05, 0) is 37.5 Å². The van der Waals surface area contributed by atoms with Crippen LogP contribution in [0.1, 0.15) is 37.1 Å². The van der Waals surface area contributed by atoms with Crippen LogP contribution in [0.5, 0.6) is 0 Å². The third-order valence-corrected chi connectivity index (χ3v) is 4.94. The average Bonchev–Trinajstić information content (AvgIpc) is 3.22. The van der Waals surface area contributed by atoms with Crippen LogP contribution in [0.4, 0.5) is 0 Å². The van der Waals surface area contributed by atoms with Gasteiger partial charge in [0.1, 0.15) is 6.10 Å². The van der Waals surface area contributed by atoms with E-state index >= 15 is 0 Å². The summed E-state index contributed by atoms with van der Waals surface area (Å²) in [6.45, 7) is 3.62. The first kappa shape index (κ1) is 14.5. The highest BCUT2D eigenvalue weighted by Crippen LogP contribution is 2.34. The van der Waals surface area contributed by atoms with E-state index in [2.05, 4.69) is 35.0 Å². The molecule has 1 saturated heterocycles. The van der Waals surface area contributed by atoms with Crippen LogP contribution in [0.15, 0.2) is 48.7 Å². The Labute approximate surface area is 136 Å². The van der Waals surface area contributed by atoms with Crippen molar-refractivity contribution in [1.29, 1.82) is 0 Å².